The molecule has 0 spiro atoms. The minimum atomic E-state index is -0.240. The largest absolute Gasteiger partial charge is 0.349 e. The predicted molar refractivity (Wildman–Crippen MR) is 119 cm³/mol. The summed E-state index contributed by atoms with van der Waals surface area (Å²) >= 11 is 0. The average Bonchev–Trinajstić information content (AvgIpc) is 3.29. The van der Waals surface area contributed by atoms with E-state index in [9.17, 15) is 9.59 Å². The van der Waals surface area contributed by atoms with Gasteiger partial charge in [0.15, 0.2) is 0 Å². The fraction of sp³-hybridized carbons (Fsp3) is 0.160. The van der Waals surface area contributed by atoms with Crippen LogP contribution in [0.2, 0.25) is 0 Å². The number of carbonyl (C=O) groups is 2. The molecule has 1 atom stereocenters. The lowest BCUT2D eigenvalue weighted by Gasteiger charge is -2.37. The Labute approximate surface area is 180 Å². The molecule has 2 amide bonds. The molecular formula is C25H22N4O2. The molecule has 154 valence electrons. The van der Waals surface area contributed by atoms with Gasteiger partial charge in [-0.05, 0) is 29.8 Å². The van der Waals surface area contributed by atoms with Gasteiger partial charge in [0.2, 0.25) is 0 Å². The van der Waals surface area contributed by atoms with Crippen LogP contribution in [0.4, 0.5) is 0 Å². The standard InChI is InChI=1S/C25H22N4O2/c30-24(22-13-12-19-9-4-5-10-21(19)27-22)26-15-20-17-28-14-6-11-23(28)25(31)29(20)16-18-7-2-1-3-8-18/h1-14,20H,15-17H2,(H,26,30). The highest BCUT2D eigenvalue weighted by Crippen LogP contribution is 2.21. The third kappa shape index (κ3) is 3.80. The van der Waals surface area contributed by atoms with Crippen LogP contribution in [0.15, 0.2) is 85.1 Å². The van der Waals surface area contributed by atoms with Crippen LogP contribution in [0.25, 0.3) is 10.9 Å². The molecule has 31 heavy (non-hydrogen) atoms. The topological polar surface area (TPSA) is 67.2 Å². The molecule has 2 aromatic heterocycles. The van der Waals surface area contributed by atoms with Crippen molar-refractivity contribution in [3.8, 4) is 0 Å². The molecule has 0 bridgehead atoms. The van der Waals surface area contributed by atoms with Crippen LogP contribution in [0, 0.1) is 0 Å². The van der Waals surface area contributed by atoms with Crippen LogP contribution in [-0.2, 0) is 13.1 Å². The van der Waals surface area contributed by atoms with Gasteiger partial charge in [-0.2, -0.15) is 0 Å². The SMILES string of the molecule is O=C(NCC1Cn2cccc2C(=O)N1Cc1ccccc1)c1ccc2ccccc2n1. The summed E-state index contributed by atoms with van der Waals surface area (Å²) in [6, 6.07) is 24.8. The number of para-hydroxylation sites is 1. The van der Waals surface area contributed by atoms with Crippen molar-refractivity contribution in [1.82, 2.24) is 19.8 Å². The molecule has 1 unspecified atom stereocenters. The number of pyridine rings is 1. The second-order valence-electron chi connectivity index (χ2n) is 7.72. The average molecular weight is 410 g/mol. The minimum absolute atomic E-state index is 0.0248. The van der Waals surface area contributed by atoms with Crippen molar-refractivity contribution in [3.63, 3.8) is 0 Å². The molecule has 1 aliphatic rings. The number of fused-ring (bicyclic) bond motifs is 2. The Balaban J connectivity index is 1.35. The van der Waals surface area contributed by atoms with Crippen LogP contribution in [0.5, 0.6) is 0 Å². The number of carbonyl (C=O) groups excluding carboxylic acids is 2. The van der Waals surface area contributed by atoms with Crippen molar-refractivity contribution < 1.29 is 9.59 Å². The van der Waals surface area contributed by atoms with Crippen LogP contribution < -0.4 is 5.32 Å². The van der Waals surface area contributed by atoms with E-state index in [1.165, 1.54) is 0 Å². The van der Waals surface area contributed by atoms with E-state index in [0.29, 0.717) is 31.0 Å². The lowest BCUT2D eigenvalue weighted by Crippen LogP contribution is -2.52. The highest BCUT2D eigenvalue weighted by Gasteiger charge is 2.32. The van der Waals surface area contributed by atoms with Crippen LogP contribution >= 0.6 is 0 Å². The molecule has 0 aliphatic carbocycles. The monoisotopic (exact) mass is 410 g/mol. The highest BCUT2D eigenvalue weighted by atomic mass is 16.2. The van der Waals surface area contributed by atoms with E-state index < -0.39 is 0 Å². The molecule has 0 fully saturated rings. The summed E-state index contributed by atoms with van der Waals surface area (Å²) < 4.78 is 1.95. The number of hydrogen-bond donors (Lipinski definition) is 1. The van der Waals surface area contributed by atoms with E-state index in [0.717, 1.165) is 16.5 Å². The maximum Gasteiger partial charge on any atom is 0.271 e. The van der Waals surface area contributed by atoms with E-state index >= 15 is 0 Å². The second kappa shape index (κ2) is 8.07. The minimum Gasteiger partial charge on any atom is -0.349 e. The molecule has 5 rings (SSSR count). The maximum atomic E-state index is 13.1. The van der Waals surface area contributed by atoms with Crippen molar-refractivity contribution >= 4 is 22.7 Å². The molecule has 1 aliphatic heterocycles. The van der Waals surface area contributed by atoms with Gasteiger partial charge in [-0.15, -0.1) is 0 Å². The van der Waals surface area contributed by atoms with E-state index in [4.69, 9.17) is 0 Å². The first kappa shape index (κ1) is 19.1. The van der Waals surface area contributed by atoms with E-state index in [1.807, 2.05) is 88.5 Å². The Morgan fingerprint density at radius 2 is 1.77 bits per heavy atom. The van der Waals surface area contributed by atoms with Crippen LogP contribution in [0.3, 0.4) is 0 Å². The maximum absolute atomic E-state index is 13.1. The molecule has 0 radical (unpaired) electrons. The zero-order valence-electron chi connectivity index (χ0n) is 16.9. The molecular weight excluding hydrogens is 388 g/mol. The van der Waals surface area contributed by atoms with Gasteiger partial charge in [0, 0.05) is 31.2 Å². The fourth-order valence-electron chi connectivity index (χ4n) is 4.06. The highest BCUT2D eigenvalue weighted by molar-refractivity contribution is 5.95. The molecule has 6 nitrogen and oxygen atoms in total. The fourth-order valence-corrected chi connectivity index (χ4v) is 4.06. The van der Waals surface area contributed by atoms with Crippen molar-refractivity contribution in [1.29, 1.82) is 0 Å². The lowest BCUT2D eigenvalue weighted by atomic mass is 10.1. The summed E-state index contributed by atoms with van der Waals surface area (Å²) in [5.74, 6) is -0.264. The van der Waals surface area contributed by atoms with Crippen molar-refractivity contribution in [3.05, 3.63) is 102 Å². The summed E-state index contributed by atoms with van der Waals surface area (Å²) in [6.45, 7) is 1.48. The number of aromatic nitrogens is 2. The Kier molecular flexibility index (Phi) is 4.96. The Morgan fingerprint density at radius 3 is 2.65 bits per heavy atom. The first-order valence-electron chi connectivity index (χ1n) is 10.3. The number of nitrogens with zero attached hydrogens (tertiary/aromatic N) is 3. The van der Waals surface area contributed by atoms with Crippen LogP contribution in [-0.4, -0.2) is 38.9 Å². The Morgan fingerprint density at radius 1 is 0.968 bits per heavy atom. The summed E-state index contributed by atoms with van der Waals surface area (Å²) in [4.78, 5) is 32.2. The Hall–Kier alpha value is -3.93. The number of nitrogens with one attached hydrogen (secondary N) is 1. The number of benzene rings is 2. The first-order valence-corrected chi connectivity index (χ1v) is 10.3. The summed E-state index contributed by atoms with van der Waals surface area (Å²) in [6.07, 6.45) is 1.91. The van der Waals surface area contributed by atoms with Gasteiger partial charge < -0.3 is 14.8 Å². The summed E-state index contributed by atoms with van der Waals surface area (Å²) in [5, 5.41) is 3.98. The zero-order valence-corrected chi connectivity index (χ0v) is 16.9. The van der Waals surface area contributed by atoms with Crippen molar-refractivity contribution in [2.24, 2.45) is 0 Å². The molecule has 1 N–H and O–H groups in total. The van der Waals surface area contributed by atoms with Crippen molar-refractivity contribution in [2.75, 3.05) is 6.54 Å². The second-order valence-corrected chi connectivity index (χ2v) is 7.72. The molecule has 3 heterocycles. The van der Waals surface area contributed by atoms with Gasteiger partial charge >= 0.3 is 0 Å². The number of hydrogen-bond acceptors (Lipinski definition) is 3. The lowest BCUT2D eigenvalue weighted by molar-refractivity contribution is 0.0563. The van der Waals surface area contributed by atoms with E-state index in [-0.39, 0.29) is 17.9 Å². The Bertz CT molecular complexity index is 1250. The van der Waals surface area contributed by atoms with Gasteiger partial charge in [-0.1, -0.05) is 54.6 Å². The number of amides is 2. The van der Waals surface area contributed by atoms with Gasteiger partial charge in [0.1, 0.15) is 11.4 Å². The molecule has 6 heteroatoms. The summed E-state index contributed by atoms with van der Waals surface area (Å²) in [7, 11) is 0. The normalized spacial score (nSPS) is 15.7. The third-order valence-electron chi connectivity index (χ3n) is 5.68. The van der Waals surface area contributed by atoms with Gasteiger partial charge in [0.25, 0.3) is 11.8 Å². The van der Waals surface area contributed by atoms with E-state index in [2.05, 4.69) is 10.3 Å². The van der Waals surface area contributed by atoms with Crippen molar-refractivity contribution in [2.45, 2.75) is 19.1 Å². The van der Waals surface area contributed by atoms with Gasteiger partial charge in [-0.25, -0.2) is 4.98 Å². The molecule has 0 saturated heterocycles. The quantitative estimate of drug-likeness (QED) is 0.548. The zero-order chi connectivity index (χ0) is 21.2. The number of rotatable bonds is 5. The predicted octanol–water partition coefficient (Wildman–Crippen LogP) is 3.49. The van der Waals surface area contributed by atoms with E-state index in [1.54, 1.807) is 6.07 Å². The van der Waals surface area contributed by atoms with Gasteiger partial charge in [0.05, 0.1) is 11.6 Å². The third-order valence-corrected chi connectivity index (χ3v) is 5.68. The molecule has 0 saturated carbocycles. The van der Waals surface area contributed by atoms with Crippen LogP contribution in [0.1, 0.15) is 26.5 Å². The smallest absolute Gasteiger partial charge is 0.271 e. The molecule has 2 aromatic carbocycles. The molecule has 4 aromatic rings. The summed E-state index contributed by atoms with van der Waals surface area (Å²) in [5.41, 5.74) is 2.89. The first-order chi connectivity index (χ1) is 15.2. The van der Waals surface area contributed by atoms with Gasteiger partial charge in [-0.3, -0.25) is 9.59 Å².